The molecule has 0 saturated carbocycles. The second kappa shape index (κ2) is 9.30. The monoisotopic (exact) mass is 413 g/mol. The maximum absolute atomic E-state index is 13.0. The molecule has 0 unspecified atom stereocenters. The van der Waals surface area contributed by atoms with Crippen molar-refractivity contribution in [3.63, 3.8) is 0 Å². The molecular formula is C22H23NO7. The van der Waals surface area contributed by atoms with E-state index in [2.05, 4.69) is 0 Å². The molecule has 158 valence electrons. The van der Waals surface area contributed by atoms with Gasteiger partial charge in [0.2, 0.25) is 0 Å². The minimum atomic E-state index is -1.37. The number of nitro groups is 1. The Balaban J connectivity index is 2.42. The van der Waals surface area contributed by atoms with Gasteiger partial charge in [-0.05, 0) is 45.9 Å². The first-order valence-electron chi connectivity index (χ1n) is 9.26. The van der Waals surface area contributed by atoms with E-state index >= 15 is 0 Å². The molecule has 1 atom stereocenters. The molecule has 0 spiro atoms. The lowest BCUT2D eigenvalue weighted by molar-refractivity contribution is -0.385. The summed E-state index contributed by atoms with van der Waals surface area (Å²) in [6, 6.07) is 12.4. The van der Waals surface area contributed by atoms with Crippen LogP contribution in [-0.4, -0.2) is 28.1 Å². The summed E-state index contributed by atoms with van der Waals surface area (Å²) in [4.78, 5) is 48.2. The zero-order chi connectivity index (χ0) is 22.5. The molecule has 0 aliphatic carbocycles. The van der Waals surface area contributed by atoms with E-state index in [4.69, 9.17) is 9.47 Å². The predicted molar refractivity (Wildman–Crippen MR) is 109 cm³/mol. The van der Waals surface area contributed by atoms with Crippen molar-refractivity contribution in [1.82, 2.24) is 0 Å². The summed E-state index contributed by atoms with van der Waals surface area (Å²) >= 11 is 0. The second-order valence-electron chi connectivity index (χ2n) is 7.65. The number of ether oxygens (including phenoxy) is 2. The van der Waals surface area contributed by atoms with Crippen molar-refractivity contribution >= 4 is 23.2 Å². The number of hydrogen-bond acceptors (Lipinski definition) is 7. The van der Waals surface area contributed by atoms with Crippen LogP contribution in [0.2, 0.25) is 0 Å². The van der Waals surface area contributed by atoms with E-state index in [-0.39, 0.29) is 11.3 Å². The number of nitro benzene ring substituents is 1. The number of rotatable bonds is 8. The van der Waals surface area contributed by atoms with Crippen LogP contribution in [0, 0.1) is 16.0 Å². The smallest absolute Gasteiger partial charge is 0.317 e. The van der Waals surface area contributed by atoms with Gasteiger partial charge in [-0.25, -0.2) is 0 Å². The predicted octanol–water partition coefficient (Wildman–Crippen LogP) is 4.51. The lowest BCUT2D eigenvalue weighted by atomic mass is 9.93. The average molecular weight is 413 g/mol. The fourth-order valence-electron chi connectivity index (χ4n) is 2.71. The van der Waals surface area contributed by atoms with Crippen molar-refractivity contribution in [2.45, 2.75) is 39.7 Å². The van der Waals surface area contributed by atoms with Gasteiger partial charge in [-0.15, -0.1) is 0 Å². The van der Waals surface area contributed by atoms with Crippen LogP contribution >= 0.6 is 0 Å². The van der Waals surface area contributed by atoms with Crippen LogP contribution in [0.5, 0.6) is 11.5 Å². The molecule has 2 aromatic carbocycles. The van der Waals surface area contributed by atoms with Gasteiger partial charge in [0.1, 0.15) is 34.4 Å². The number of benzene rings is 2. The maximum atomic E-state index is 13.0. The Hall–Kier alpha value is -3.55. The molecule has 0 saturated heterocycles. The van der Waals surface area contributed by atoms with Gasteiger partial charge in [0.25, 0.3) is 5.69 Å². The van der Waals surface area contributed by atoms with Crippen LogP contribution in [0.15, 0.2) is 48.5 Å². The third-order valence-corrected chi connectivity index (χ3v) is 4.02. The number of esters is 1. The summed E-state index contributed by atoms with van der Waals surface area (Å²) in [7, 11) is 0. The molecule has 0 aromatic heterocycles. The van der Waals surface area contributed by atoms with E-state index < -0.39 is 46.1 Å². The lowest BCUT2D eigenvalue weighted by Gasteiger charge is -2.22. The summed E-state index contributed by atoms with van der Waals surface area (Å²) in [5.74, 6) is -3.22. The fraction of sp³-hybridized carbons (Fsp3) is 0.318. The summed E-state index contributed by atoms with van der Waals surface area (Å²) in [6.45, 7) is 6.08. The van der Waals surface area contributed by atoms with Gasteiger partial charge in [-0.3, -0.25) is 24.5 Å². The highest BCUT2D eigenvalue weighted by molar-refractivity contribution is 6.08. The van der Waals surface area contributed by atoms with E-state index in [1.54, 1.807) is 51.1 Å². The topological polar surface area (TPSA) is 113 Å². The Kier molecular flexibility index (Phi) is 7.05. The molecule has 0 radical (unpaired) electrons. The first-order chi connectivity index (χ1) is 14.0. The molecule has 0 fully saturated rings. The summed E-state index contributed by atoms with van der Waals surface area (Å²) in [6.07, 6.45) is -0.569. The Morgan fingerprint density at radius 1 is 1.03 bits per heavy atom. The zero-order valence-electron chi connectivity index (χ0n) is 17.2. The third kappa shape index (κ3) is 5.97. The highest BCUT2D eigenvalue weighted by atomic mass is 16.6. The summed E-state index contributed by atoms with van der Waals surface area (Å²) in [5, 5.41) is 11.5. The van der Waals surface area contributed by atoms with Crippen LogP contribution < -0.4 is 4.74 Å². The molecule has 0 heterocycles. The normalized spacial score (nSPS) is 12.0. The molecular weight excluding hydrogens is 390 g/mol. The Labute approximate surface area is 174 Å². The van der Waals surface area contributed by atoms with Crippen molar-refractivity contribution in [2.24, 2.45) is 5.92 Å². The number of hydrogen-bond donors (Lipinski definition) is 0. The van der Waals surface area contributed by atoms with Crippen molar-refractivity contribution < 1.29 is 28.8 Å². The minimum Gasteiger partial charge on any atom is -0.459 e. The van der Waals surface area contributed by atoms with E-state index in [1.807, 2.05) is 0 Å². The maximum Gasteiger partial charge on any atom is 0.317 e. The SMILES string of the molecule is CC(=O)[C@H](CC(=O)c1c(Oc2ccccc2)cccc1[N+](=O)[O-])C(=O)OC(C)(C)C. The zero-order valence-corrected chi connectivity index (χ0v) is 17.2. The molecule has 0 aliphatic rings. The molecule has 8 nitrogen and oxygen atoms in total. The number of nitrogens with zero attached hydrogens (tertiary/aromatic N) is 1. The fourth-order valence-corrected chi connectivity index (χ4v) is 2.71. The standard InChI is InChI=1S/C22H23NO7/c1-14(24)16(21(26)30-22(2,3)4)13-18(25)20-17(23(27)28)11-8-12-19(20)29-15-9-6-5-7-10-15/h5-12,16H,13H2,1-4H3/t16-/m0/s1. The molecule has 8 heteroatoms. The van der Waals surface area contributed by atoms with Crippen molar-refractivity contribution in [1.29, 1.82) is 0 Å². The number of Topliss-reactive ketones (excluding diaryl/α,β-unsaturated/α-hetero) is 2. The van der Waals surface area contributed by atoms with Gasteiger partial charge in [0.05, 0.1) is 4.92 Å². The van der Waals surface area contributed by atoms with Gasteiger partial charge in [0, 0.05) is 12.5 Å². The number of carbonyl (C=O) groups excluding carboxylic acids is 3. The van der Waals surface area contributed by atoms with Crippen molar-refractivity contribution in [3.8, 4) is 11.5 Å². The molecule has 2 aromatic rings. The van der Waals surface area contributed by atoms with Gasteiger partial charge >= 0.3 is 5.97 Å². The Morgan fingerprint density at radius 2 is 1.67 bits per heavy atom. The van der Waals surface area contributed by atoms with Crippen LogP contribution in [0.4, 0.5) is 5.69 Å². The number of carbonyl (C=O) groups is 3. The second-order valence-corrected chi connectivity index (χ2v) is 7.65. The highest BCUT2D eigenvalue weighted by Crippen LogP contribution is 2.34. The van der Waals surface area contributed by atoms with Crippen molar-refractivity contribution in [3.05, 3.63) is 64.2 Å². The molecule has 0 amide bonds. The summed E-state index contributed by atoms with van der Waals surface area (Å²) < 4.78 is 10.9. The van der Waals surface area contributed by atoms with E-state index in [0.29, 0.717) is 5.75 Å². The van der Waals surface area contributed by atoms with Gasteiger partial charge < -0.3 is 9.47 Å². The van der Waals surface area contributed by atoms with Gasteiger partial charge in [0.15, 0.2) is 5.78 Å². The molecule has 0 aliphatic heterocycles. The van der Waals surface area contributed by atoms with Crippen molar-refractivity contribution in [2.75, 3.05) is 0 Å². The van der Waals surface area contributed by atoms with Crippen LogP contribution in [0.25, 0.3) is 0 Å². The Bertz CT molecular complexity index is 961. The van der Waals surface area contributed by atoms with Crippen LogP contribution in [-0.2, 0) is 14.3 Å². The number of para-hydroxylation sites is 1. The molecule has 30 heavy (non-hydrogen) atoms. The first-order valence-corrected chi connectivity index (χ1v) is 9.26. The average Bonchev–Trinajstić information content (AvgIpc) is 2.64. The largest absolute Gasteiger partial charge is 0.459 e. The van der Waals surface area contributed by atoms with Crippen LogP contribution in [0.1, 0.15) is 44.5 Å². The van der Waals surface area contributed by atoms with E-state index in [1.165, 1.54) is 25.1 Å². The van der Waals surface area contributed by atoms with E-state index in [9.17, 15) is 24.5 Å². The molecule has 0 N–H and O–H groups in total. The van der Waals surface area contributed by atoms with Gasteiger partial charge in [-0.1, -0.05) is 24.3 Å². The quantitative estimate of drug-likeness (QED) is 0.206. The Morgan fingerprint density at radius 3 is 2.20 bits per heavy atom. The lowest BCUT2D eigenvalue weighted by Crippen LogP contribution is -2.33. The summed E-state index contributed by atoms with van der Waals surface area (Å²) in [5.41, 5.74) is -1.63. The minimum absolute atomic E-state index is 0.0353. The van der Waals surface area contributed by atoms with Crippen LogP contribution in [0.3, 0.4) is 0 Å². The first kappa shape index (κ1) is 22.7. The van der Waals surface area contributed by atoms with E-state index in [0.717, 1.165) is 0 Å². The van der Waals surface area contributed by atoms with Gasteiger partial charge in [-0.2, -0.15) is 0 Å². The highest BCUT2D eigenvalue weighted by Gasteiger charge is 2.34. The molecule has 2 rings (SSSR count). The third-order valence-electron chi connectivity index (χ3n) is 4.02. The molecule has 0 bridgehead atoms. The number of ketones is 2.